The summed E-state index contributed by atoms with van der Waals surface area (Å²) < 4.78 is 0.959. The normalized spacial score (nSPS) is 13.2. The molecule has 0 heterocycles. The predicted octanol–water partition coefficient (Wildman–Crippen LogP) is 8.64. The van der Waals surface area contributed by atoms with E-state index in [0.717, 1.165) is 56.2 Å². The first-order valence-electron chi connectivity index (χ1n) is 25.8. The van der Waals surface area contributed by atoms with E-state index < -0.39 is 18.1 Å². The molecule has 0 aliphatic heterocycles. The van der Waals surface area contributed by atoms with Crippen LogP contribution < -0.4 is 38.9 Å². The second-order valence-electron chi connectivity index (χ2n) is 18.4. The minimum absolute atomic E-state index is 0.173. The van der Waals surface area contributed by atoms with E-state index in [4.69, 9.17) is 22.9 Å². The number of hydrogen-bond donors (Lipinski definition) is 7. The highest BCUT2D eigenvalue weighted by atomic mass is 16.2. The highest BCUT2D eigenvalue weighted by Crippen LogP contribution is 2.17. The lowest BCUT2D eigenvalue weighted by molar-refractivity contribution is -0.908. The molecule has 0 aliphatic rings. The van der Waals surface area contributed by atoms with Crippen molar-refractivity contribution in [2.45, 2.75) is 244 Å². The first-order chi connectivity index (χ1) is 29.2. The van der Waals surface area contributed by atoms with Crippen molar-refractivity contribution in [2.24, 2.45) is 22.9 Å². The Kier molecular flexibility index (Phi) is 41.2. The van der Waals surface area contributed by atoms with Gasteiger partial charge in [0.25, 0.3) is 0 Å². The van der Waals surface area contributed by atoms with Gasteiger partial charge in [0, 0.05) is 0 Å². The molecule has 0 saturated heterocycles. The van der Waals surface area contributed by atoms with E-state index in [9.17, 15) is 14.4 Å². The van der Waals surface area contributed by atoms with Crippen molar-refractivity contribution in [1.82, 2.24) is 16.0 Å². The summed E-state index contributed by atoms with van der Waals surface area (Å²) in [4.78, 5) is 40.5. The summed E-state index contributed by atoms with van der Waals surface area (Å²) >= 11 is 0. The summed E-state index contributed by atoms with van der Waals surface area (Å²) in [7, 11) is 2.37. The van der Waals surface area contributed by atoms with Gasteiger partial charge in [-0.3, -0.25) is 14.4 Å². The Morgan fingerprint density at radius 1 is 0.417 bits per heavy atom. The van der Waals surface area contributed by atoms with Crippen LogP contribution in [0.5, 0.6) is 0 Å². The van der Waals surface area contributed by atoms with Crippen LogP contribution in [0.3, 0.4) is 0 Å². The average molecular weight is 852 g/mol. The number of nitrogens with zero attached hydrogens (tertiary/aromatic N) is 1. The summed E-state index contributed by atoms with van der Waals surface area (Å²) in [6, 6.07) is -2.22. The van der Waals surface area contributed by atoms with E-state index in [0.29, 0.717) is 51.9 Å². The molecule has 0 spiro atoms. The number of quaternary nitrogens is 1. The van der Waals surface area contributed by atoms with Crippen LogP contribution in [0, 0.1) is 0 Å². The molecule has 0 aromatic rings. The molecule has 0 bridgehead atoms. The average Bonchev–Trinajstić information content (AvgIpc) is 3.23. The van der Waals surface area contributed by atoms with Crippen molar-refractivity contribution >= 4 is 17.7 Å². The van der Waals surface area contributed by atoms with Gasteiger partial charge in [0.1, 0.15) is 12.1 Å². The lowest BCUT2D eigenvalue weighted by Gasteiger charge is -2.35. The summed E-state index contributed by atoms with van der Waals surface area (Å²) in [5.74, 6) is -0.891. The fourth-order valence-corrected chi connectivity index (χ4v) is 8.29. The van der Waals surface area contributed by atoms with E-state index in [-0.39, 0.29) is 17.7 Å². The maximum absolute atomic E-state index is 13.8. The quantitative estimate of drug-likeness (QED) is 0.0236. The monoisotopic (exact) mass is 852 g/mol. The van der Waals surface area contributed by atoms with Crippen LogP contribution >= 0.6 is 0 Å². The van der Waals surface area contributed by atoms with Crippen LogP contribution in [0.1, 0.15) is 226 Å². The zero-order valence-corrected chi connectivity index (χ0v) is 40.0. The molecule has 0 rings (SSSR count). The van der Waals surface area contributed by atoms with Crippen molar-refractivity contribution in [3.63, 3.8) is 0 Å². The number of nitrogens with two attached hydrogens (primary N) is 4. The molecular weight excluding hydrogens is 749 g/mol. The Hall–Kier alpha value is -1.79. The summed E-state index contributed by atoms with van der Waals surface area (Å²) in [5, 5.41) is 9.08. The molecule has 0 fully saturated rings. The fraction of sp³-hybridized carbons (Fsp3) is 0.939. The maximum atomic E-state index is 13.8. The maximum Gasteiger partial charge on any atom is 0.243 e. The van der Waals surface area contributed by atoms with Gasteiger partial charge in [0.2, 0.25) is 17.7 Å². The Morgan fingerprint density at radius 2 is 0.750 bits per heavy atom. The highest BCUT2D eigenvalue weighted by Gasteiger charge is 2.28. The van der Waals surface area contributed by atoms with Crippen LogP contribution in [0.4, 0.5) is 0 Å². The van der Waals surface area contributed by atoms with E-state index >= 15 is 0 Å². The number of rotatable bonds is 46. The van der Waals surface area contributed by atoms with Crippen molar-refractivity contribution in [3.8, 4) is 0 Å². The third-order valence-electron chi connectivity index (χ3n) is 12.5. The first-order valence-corrected chi connectivity index (χ1v) is 25.8. The standard InChI is InChI=1S/C49H102N8O3/c1-4-6-8-10-12-14-16-18-20-22-24-32-41-57(3,42-33-25-23-21-19-17-15-13-11-9-7-5-2)43-40-54-48(59)45(35-27-30-38-51)56-49(60)46(36-28-31-39-52)55-47(58)44(53)34-26-29-37-50/h44-46H,4-43,50-53H2,1-3H3,(H2-,54,55,56,58,59,60)/p+1/t44-,45-,46-/m0/s1. The third-order valence-corrected chi connectivity index (χ3v) is 12.5. The molecule has 11 N–H and O–H groups in total. The van der Waals surface area contributed by atoms with Crippen LogP contribution in [0.15, 0.2) is 0 Å². The molecule has 0 unspecified atom stereocenters. The van der Waals surface area contributed by atoms with Gasteiger partial charge >= 0.3 is 0 Å². The second-order valence-corrected chi connectivity index (χ2v) is 18.4. The number of nitrogens with one attached hydrogen (secondary N) is 3. The lowest BCUT2D eigenvalue weighted by atomic mass is 10.0. The molecule has 3 amide bonds. The Morgan fingerprint density at radius 3 is 1.13 bits per heavy atom. The third kappa shape index (κ3) is 34.8. The largest absolute Gasteiger partial charge is 0.349 e. The van der Waals surface area contributed by atoms with Crippen molar-refractivity contribution in [2.75, 3.05) is 52.9 Å². The van der Waals surface area contributed by atoms with Gasteiger partial charge in [-0.15, -0.1) is 0 Å². The number of likely N-dealkylation sites (N-methyl/N-ethyl adjacent to an activating group) is 1. The SMILES string of the molecule is CCCCCCCCCCCCCC[N+](C)(CCCCCCCCCCCCCC)CCNC(=O)[C@H](CCCCN)NC(=O)[C@H](CCCCN)NC(=O)[C@@H](N)CCCCN. The molecule has 0 aliphatic carbocycles. The number of hydrogen-bond acceptors (Lipinski definition) is 7. The fourth-order valence-electron chi connectivity index (χ4n) is 8.29. The lowest BCUT2D eigenvalue weighted by Crippen LogP contribution is -2.56. The number of amides is 3. The van der Waals surface area contributed by atoms with Crippen molar-refractivity contribution in [1.29, 1.82) is 0 Å². The van der Waals surface area contributed by atoms with E-state index in [1.165, 1.54) is 154 Å². The van der Waals surface area contributed by atoms with E-state index in [1.54, 1.807) is 0 Å². The zero-order chi connectivity index (χ0) is 44.4. The molecule has 11 heteroatoms. The van der Waals surface area contributed by atoms with Gasteiger partial charge in [-0.25, -0.2) is 0 Å². The number of unbranched alkanes of at least 4 members (excludes halogenated alkanes) is 25. The molecule has 60 heavy (non-hydrogen) atoms. The Balaban J connectivity index is 5.30. The van der Waals surface area contributed by atoms with Gasteiger partial charge in [0.05, 0.1) is 39.3 Å². The number of carbonyl (C=O) groups excluding carboxylic acids is 3. The van der Waals surface area contributed by atoms with Crippen molar-refractivity contribution in [3.05, 3.63) is 0 Å². The molecule has 0 aromatic carbocycles. The predicted molar refractivity (Wildman–Crippen MR) is 257 cm³/mol. The minimum atomic E-state index is -0.791. The van der Waals surface area contributed by atoms with Gasteiger partial charge in [-0.2, -0.15) is 0 Å². The van der Waals surface area contributed by atoms with Gasteiger partial charge < -0.3 is 43.4 Å². The first kappa shape index (κ1) is 58.2. The topological polar surface area (TPSA) is 191 Å². The Bertz CT molecular complexity index is 958. The molecule has 11 nitrogen and oxygen atoms in total. The molecule has 0 saturated carbocycles. The van der Waals surface area contributed by atoms with Gasteiger partial charge in [-0.05, 0) is 96.7 Å². The van der Waals surface area contributed by atoms with Crippen LogP contribution in [-0.2, 0) is 14.4 Å². The van der Waals surface area contributed by atoms with Gasteiger partial charge in [-0.1, -0.05) is 149 Å². The van der Waals surface area contributed by atoms with Crippen LogP contribution in [0.2, 0.25) is 0 Å². The zero-order valence-electron chi connectivity index (χ0n) is 40.0. The highest BCUT2D eigenvalue weighted by molar-refractivity contribution is 5.93. The molecular formula is C49H103N8O3+. The minimum Gasteiger partial charge on any atom is -0.349 e. The Labute approximate surface area is 371 Å². The molecule has 0 aromatic heterocycles. The summed E-state index contributed by atoms with van der Waals surface area (Å²) in [6.07, 6.45) is 38.1. The summed E-state index contributed by atoms with van der Waals surface area (Å²) in [5.41, 5.74) is 23.3. The van der Waals surface area contributed by atoms with E-state index in [2.05, 4.69) is 36.8 Å². The van der Waals surface area contributed by atoms with Crippen LogP contribution in [-0.4, -0.2) is 93.2 Å². The van der Waals surface area contributed by atoms with Crippen LogP contribution in [0.25, 0.3) is 0 Å². The smallest absolute Gasteiger partial charge is 0.243 e. The molecule has 3 atom stereocenters. The molecule has 0 radical (unpaired) electrons. The van der Waals surface area contributed by atoms with E-state index in [1.807, 2.05) is 0 Å². The summed E-state index contributed by atoms with van der Waals surface area (Å²) in [6.45, 7) is 9.81. The van der Waals surface area contributed by atoms with Gasteiger partial charge in [0.15, 0.2) is 0 Å². The second kappa shape index (κ2) is 42.5. The molecule has 356 valence electrons. The van der Waals surface area contributed by atoms with Crippen molar-refractivity contribution < 1.29 is 18.9 Å². The number of carbonyl (C=O) groups is 3.